The normalized spacial score (nSPS) is 9.72. The van der Waals surface area contributed by atoms with Crippen molar-refractivity contribution < 1.29 is 0 Å². The molecule has 1 aromatic heterocycles. The number of anilines is 1. The molecule has 6 heteroatoms. The third-order valence-corrected chi connectivity index (χ3v) is 2.73. The second-order valence-corrected chi connectivity index (χ2v) is 4.07. The summed E-state index contributed by atoms with van der Waals surface area (Å²) < 4.78 is 1.57. The Hall–Kier alpha value is -2.50. The molecule has 18 heavy (non-hydrogen) atoms. The van der Waals surface area contributed by atoms with Gasteiger partial charge in [0.1, 0.15) is 12.1 Å². The fourth-order valence-electron chi connectivity index (χ4n) is 1.60. The maximum Gasteiger partial charge on any atom is 0.176 e. The lowest BCUT2D eigenvalue weighted by molar-refractivity contribution is 0.787. The smallest absolute Gasteiger partial charge is 0.176 e. The summed E-state index contributed by atoms with van der Waals surface area (Å²) in [6, 6.07) is 8.94. The zero-order valence-corrected chi connectivity index (χ0v) is 10.0. The van der Waals surface area contributed by atoms with E-state index in [1.165, 1.54) is 6.33 Å². The molecule has 0 aliphatic carbocycles. The van der Waals surface area contributed by atoms with Crippen LogP contribution in [0.25, 0.3) is 0 Å². The van der Waals surface area contributed by atoms with E-state index in [0.29, 0.717) is 17.3 Å². The summed E-state index contributed by atoms with van der Waals surface area (Å²) in [5.74, 6) is 0. The zero-order valence-electron chi connectivity index (χ0n) is 9.26. The molecule has 0 radical (unpaired) electrons. The predicted molar refractivity (Wildman–Crippen MR) is 66.6 cm³/mol. The van der Waals surface area contributed by atoms with E-state index in [2.05, 4.69) is 4.98 Å². The molecule has 0 unspecified atom stereocenters. The van der Waals surface area contributed by atoms with Crippen LogP contribution in [0.4, 0.5) is 5.69 Å². The van der Waals surface area contributed by atoms with Crippen molar-refractivity contribution in [1.29, 1.82) is 10.5 Å². The number of nitriles is 2. The number of aromatic nitrogens is 2. The highest BCUT2D eigenvalue weighted by Gasteiger charge is 2.11. The molecule has 5 nitrogen and oxygen atoms in total. The van der Waals surface area contributed by atoms with E-state index < -0.39 is 0 Å². The molecule has 2 rings (SSSR count). The van der Waals surface area contributed by atoms with Gasteiger partial charge in [-0.15, -0.1) is 0 Å². The number of imidazole rings is 1. The maximum atomic E-state index is 9.00. The minimum Gasteiger partial charge on any atom is -0.398 e. The Morgan fingerprint density at radius 2 is 2.11 bits per heavy atom. The van der Waals surface area contributed by atoms with Crippen LogP contribution in [0.2, 0.25) is 5.02 Å². The van der Waals surface area contributed by atoms with Crippen molar-refractivity contribution in [3.8, 4) is 12.1 Å². The van der Waals surface area contributed by atoms with Gasteiger partial charge in [-0.05, 0) is 23.8 Å². The number of nitrogens with two attached hydrogens (primary N) is 1. The van der Waals surface area contributed by atoms with Crippen LogP contribution in [0, 0.1) is 22.7 Å². The lowest BCUT2D eigenvalue weighted by atomic mass is 10.2. The Labute approximate surface area is 109 Å². The summed E-state index contributed by atoms with van der Waals surface area (Å²) in [6.07, 6.45) is 1.44. The maximum absolute atomic E-state index is 9.00. The summed E-state index contributed by atoms with van der Waals surface area (Å²) in [6.45, 7) is 0.351. The van der Waals surface area contributed by atoms with Gasteiger partial charge in [-0.25, -0.2) is 4.98 Å². The van der Waals surface area contributed by atoms with Crippen molar-refractivity contribution in [2.45, 2.75) is 6.54 Å². The zero-order chi connectivity index (χ0) is 13.1. The molecule has 88 valence electrons. The van der Waals surface area contributed by atoms with Crippen molar-refractivity contribution in [2.75, 3.05) is 5.73 Å². The molecule has 0 aliphatic rings. The molecule has 1 heterocycles. The lowest BCUT2D eigenvalue weighted by Crippen LogP contribution is -2.04. The number of hydrogen-bond acceptors (Lipinski definition) is 4. The van der Waals surface area contributed by atoms with Gasteiger partial charge in [0, 0.05) is 10.7 Å². The first-order valence-electron chi connectivity index (χ1n) is 5.05. The first-order valence-corrected chi connectivity index (χ1v) is 5.42. The van der Waals surface area contributed by atoms with Gasteiger partial charge in [0.15, 0.2) is 11.4 Å². The van der Waals surface area contributed by atoms with E-state index in [9.17, 15) is 0 Å². The van der Waals surface area contributed by atoms with Crippen LogP contribution in [-0.4, -0.2) is 9.55 Å². The van der Waals surface area contributed by atoms with E-state index >= 15 is 0 Å². The van der Waals surface area contributed by atoms with Crippen molar-refractivity contribution in [3.05, 3.63) is 46.5 Å². The van der Waals surface area contributed by atoms with E-state index in [4.69, 9.17) is 27.9 Å². The van der Waals surface area contributed by atoms with Crippen LogP contribution in [0.15, 0.2) is 24.5 Å². The molecule has 0 aliphatic heterocycles. The summed E-state index contributed by atoms with van der Waals surface area (Å²) in [5, 5.41) is 18.4. The minimum atomic E-state index is 0.109. The van der Waals surface area contributed by atoms with Crippen molar-refractivity contribution in [2.24, 2.45) is 0 Å². The molecule has 0 spiro atoms. The minimum absolute atomic E-state index is 0.109. The molecule has 0 bridgehead atoms. The van der Waals surface area contributed by atoms with Gasteiger partial charge < -0.3 is 10.3 Å². The van der Waals surface area contributed by atoms with Gasteiger partial charge in [0.05, 0.1) is 12.9 Å². The average molecular weight is 258 g/mol. The first-order chi connectivity index (χ1) is 8.65. The fourth-order valence-corrected chi connectivity index (χ4v) is 1.79. The Kier molecular flexibility index (Phi) is 3.18. The van der Waals surface area contributed by atoms with Crippen LogP contribution in [0.5, 0.6) is 0 Å². The molecule has 2 aromatic rings. The Morgan fingerprint density at radius 1 is 1.33 bits per heavy atom. The summed E-state index contributed by atoms with van der Waals surface area (Å²) in [4.78, 5) is 3.86. The van der Waals surface area contributed by atoms with Crippen molar-refractivity contribution >= 4 is 17.3 Å². The van der Waals surface area contributed by atoms with Gasteiger partial charge >= 0.3 is 0 Å². The number of benzene rings is 1. The third kappa shape index (κ3) is 2.13. The molecular weight excluding hydrogens is 250 g/mol. The Bertz CT molecular complexity index is 675. The van der Waals surface area contributed by atoms with Gasteiger partial charge in [-0.3, -0.25) is 0 Å². The fraction of sp³-hybridized carbons (Fsp3) is 0.0833. The molecule has 0 fully saturated rings. The topological polar surface area (TPSA) is 91.4 Å². The molecular formula is C12H8ClN5. The van der Waals surface area contributed by atoms with Crippen LogP contribution < -0.4 is 5.73 Å². The number of rotatable bonds is 2. The van der Waals surface area contributed by atoms with Gasteiger partial charge in [-0.1, -0.05) is 11.6 Å². The van der Waals surface area contributed by atoms with Crippen LogP contribution in [0.1, 0.15) is 17.0 Å². The third-order valence-electron chi connectivity index (χ3n) is 2.50. The highest BCUT2D eigenvalue weighted by Crippen LogP contribution is 2.20. The van der Waals surface area contributed by atoms with E-state index in [0.717, 1.165) is 5.56 Å². The number of nitrogen functional groups attached to an aromatic ring is 1. The molecule has 0 amide bonds. The van der Waals surface area contributed by atoms with Gasteiger partial charge in [-0.2, -0.15) is 10.5 Å². The van der Waals surface area contributed by atoms with Crippen molar-refractivity contribution in [3.63, 3.8) is 0 Å². The first kappa shape index (κ1) is 12.0. The van der Waals surface area contributed by atoms with Crippen LogP contribution in [-0.2, 0) is 6.54 Å². The van der Waals surface area contributed by atoms with E-state index in [1.807, 2.05) is 12.1 Å². The quantitative estimate of drug-likeness (QED) is 0.832. The Morgan fingerprint density at radius 3 is 2.78 bits per heavy atom. The number of nitrogens with zero attached hydrogens (tertiary/aromatic N) is 4. The van der Waals surface area contributed by atoms with Crippen LogP contribution in [0.3, 0.4) is 0 Å². The van der Waals surface area contributed by atoms with E-state index in [-0.39, 0.29) is 11.4 Å². The summed E-state index contributed by atoms with van der Waals surface area (Å²) in [5.41, 5.74) is 7.51. The number of hydrogen-bond donors (Lipinski definition) is 1. The molecule has 0 saturated heterocycles. The highest BCUT2D eigenvalue weighted by molar-refractivity contribution is 6.30. The largest absolute Gasteiger partial charge is 0.398 e. The Balaban J connectivity index is 2.41. The molecule has 1 aromatic carbocycles. The standard InChI is InChI=1S/C12H8ClN5/c13-9-1-2-10(16)8(3-9)6-18-7-17-11(4-14)12(18)5-15/h1-3,7H,6,16H2. The molecule has 2 N–H and O–H groups in total. The van der Waals surface area contributed by atoms with Crippen LogP contribution >= 0.6 is 11.6 Å². The highest BCUT2D eigenvalue weighted by atomic mass is 35.5. The number of halogens is 1. The monoisotopic (exact) mass is 257 g/mol. The SMILES string of the molecule is N#Cc1ncn(Cc2cc(Cl)ccc2N)c1C#N. The summed E-state index contributed by atoms with van der Waals surface area (Å²) in [7, 11) is 0. The second-order valence-electron chi connectivity index (χ2n) is 3.64. The molecule has 0 saturated carbocycles. The lowest BCUT2D eigenvalue weighted by Gasteiger charge is -2.07. The molecule has 0 atom stereocenters. The van der Waals surface area contributed by atoms with Gasteiger partial charge in [0.2, 0.25) is 0 Å². The van der Waals surface area contributed by atoms with Crippen molar-refractivity contribution in [1.82, 2.24) is 9.55 Å². The predicted octanol–water partition coefficient (Wildman–Crippen LogP) is 1.91. The second kappa shape index (κ2) is 4.79. The van der Waals surface area contributed by atoms with Gasteiger partial charge in [0.25, 0.3) is 0 Å². The average Bonchev–Trinajstić information content (AvgIpc) is 2.75. The van der Waals surface area contributed by atoms with E-state index in [1.54, 1.807) is 22.8 Å². The summed E-state index contributed by atoms with van der Waals surface area (Å²) >= 11 is 5.89.